The average Bonchev–Trinajstić information content (AvgIpc) is 2.86. The number of anilines is 1. The number of thiazole rings is 1. The van der Waals surface area contributed by atoms with Gasteiger partial charge in [-0.1, -0.05) is 19.1 Å². The van der Waals surface area contributed by atoms with Gasteiger partial charge in [-0.05, 0) is 19.1 Å². The summed E-state index contributed by atoms with van der Waals surface area (Å²) in [6, 6.07) is 5.96. The minimum atomic E-state index is -0.313. The van der Waals surface area contributed by atoms with Crippen LogP contribution in [0.5, 0.6) is 0 Å². The van der Waals surface area contributed by atoms with Crippen LogP contribution in [0.2, 0.25) is 0 Å². The number of aromatic nitrogens is 1. The highest BCUT2D eigenvalue weighted by atomic mass is 32.1. The molecule has 2 atom stereocenters. The first kappa shape index (κ1) is 14.6. The van der Waals surface area contributed by atoms with Crippen LogP contribution in [0.25, 0.3) is 11.3 Å². The number of benzene rings is 1. The third-order valence-corrected chi connectivity index (χ3v) is 3.81. The second-order valence-electron chi connectivity index (χ2n) is 4.69. The Kier molecular flexibility index (Phi) is 4.46. The summed E-state index contributed by atoms with van der Waals surface area (Å²) < 4.78 is 13.2. The largest absolute Gasteiger partial charge is 0.327 e. The Labute approximate surface area is 120 Å². The summed E-state index contributed by atoms with van der Waals surface area (Å²) in [5, 5.41) is 4.99. The molecule has 106 valence electrons. The maximum absolute atomic E-state index is 13.2. The fraction of sp³-hybridized carbons (Fsp3) is 0.286. The van der Waals surface area contributed by atoms with Crippen molar-refractivity contribution in [1.82, 2.24) is 4.98 Å². The van der Waals surface area contributed by atoms with E-state index in [0.717, 1.165) is 0 Å². The van der Waals surface area contributed by atoms with Crippen LogP contribution in [-0.2, 0) is 4.79 Å². The van der Waals surface area contributed by atoms with E-state index in [1.165, 1.54) is 23.5 Å². The highest BCUT2D eigenvalue weighted by Crippen LogP contribution is 2.25. The molecule has 0 radical (unpaired) electrons. The van der Waals surface area contributed by atoms with E-state index in [-0.39, 0.29) is 23.7 Å². The van der Waals surface area contributed by atoms with E-state index >= 15 is 0 Å². The lowest BCUT2D eigenvalue weighted by Gasteiger charge is -2.13. The molecule has 1 amide bonds. The minimum Gasteiger partial charge on any atom is -0.327 e. The maximum atomic E-state index is 13.2. The van der Waals surface area contributed by atoms with E-state index in [0.29, 0.717) is 16.4 Å². The molecule has 1 aromatic heterocycles. The molecular weight excluding hydrogens is 277 g/mol. The van der Waals surface area contributed by atoms with Crippen LogP contribution in [0.1, 0.15) is 13.8 Å². The van der Waals surface area contributed by atoms with Crippen LogP contribution in [0, 0.1) is 11.7 Å². The Morgan fingerprint density at radius 2 is 2.20 bits per heavy atom. The van der Waals surface area contributed by atoms with Crippen molar-refractivity contribution in [2.24, 2.45) is 11.7 Å². The van der Waals surface area contributed by atoms with Gasteiger partial charge in [0.15, 0.2) is 5.13 Å². The standard InChI is InChI=1S/C14H16FN3OS/c1-8(9(2)16)13(19)18-14-17-12(7-20-14)10-4-3-5-11(15)6-10/h3-9H,16H2,1-2H3,(H,17,18,19). The van der Waals surface area contributed by atoms with E-state index in [1.54, 1.807) is 31.4 Å². The molecular formula is C14H16FN3OS. The zero-order valence-electron chi connectivity index (χ0n) is 11.3. The molecule has 0 aliphatic carbocycles. The van der Waals surface area contributed by atoms with Gasteiger partial charge in [-0.3, -0.25) is 4.79 Å². The predicted molar refractivity (Wildman–Crippen MR) is 79.0 cm³/mol. The lowest BCUT2D eigenvalue weighted by molar-refractivity contribution is -0.119. The zero-order chi connectivity index (χ0) is 14.7. The zero-order valence-corrected chi connectivity index (χ0v) is 12.1. The number of nitrogens with one attached hydrogen (secondary N) is 1. The summed E-state index contributed by atoms with van der Waals surface area (Å²) in [6.07, 6.45) is 0. The van der Waals surface area contributed by atoms with Gasteiger partial charge in [0.1, 0.15) is 5.82 Å². The van der Waals surface area contributed by atoms with Gasteiger partial charge in [0.05, 0.1) is 11.6 Å². The molecule has 0 saturated carbocycles. The molecule has 6 heteroatoms. The van der Waals surface area contributed by atoms with E-state index in [2.05, 4.69) is 10.3 Å². The van der Waals surface area contributed by atoms with Crippen LogP contribution in [0.15, 0.2) is 29.6 Å². The highest BCUT2D eigenvalue weighted by molar-refractivity contribution is 7.14. The quantitative estimate of drug-likeness (QED) is 0.910. The van der Waals surface area contributed by atoms with Gasteiger partial charge in [0.25, 0.3) is 0 Å². The summed E-state index contributed by atoms with van der Waals surface area (Å²) in [5.41, 5.74) is 7.00. The van der Waals surface area contributed by atoms with Crippen molar-refractivity contribution in [3.05, 3.63) is 35.5 Å². The Bertz CT molecular complexity index is 612. The fourth-order valence-electron chi connectivity index (χ4n) is 1.57. The summed E-state index contributed by atoms with van der Waals surface area (Å²) >= 11 is 1.30. The predicted octanol–water partition coefficient (Wildman–Crippen LogP) is 2.87. The van der Waals surface area contributed by atoms with Gasteiger partial charge >= 0.3 is 0 Å². The molecule has 0 aliphatic heterocycles. The molecule has 2 aromatic rings. The molecule has 3 N–H and O–H groups in total. The first-order valence-electron chi connectivity index (χ1n) is 6.25. The number of halogens is 1. The van der Waals surface area contributed by atoms with Crippen molar-refractivity contribution >= 4 is 22.4 Å². The lowest BCUT2D eigenvalue weighted by atomic mass is 10.0. The van der Waals surface area contributed by atoms with Crippen LogP contribution in [0.4, 0.5) is 9.52 Å². The van der Waals surface area contributed by atoms with Gasteiger partial charge in [-0.25, -0.2) is 9.37 Å². The van der Waals surface area contributed by atoms with Crippen LogP contribution in [-0.4, -0.2) is 16.9 Å². The van der Waals surface area contributed by atoms with Gasteiger partial charge in [0, 0.05) is 17.0 Å². The summed E-state index contributed by atoms with van der Waals surface area (Å²) in [5.74, 6) is -0.775. The molecule has 0 saturated heterocycles. The smallest absolute Gasteiger partial charge is 0.230 e. The first-order chi connectivity index (χ1) is 9.47. The van der Waals surface area contributed by atoms with Crippen LogP contribution in [0.3, 0.4) is 0 Å². The van der Waals surface area contributed by atoms with Crippen LogP contribution >= 0.6 is 11.3 Å². The van der Waals surface area contributed by atoms with Gasteiger partial charge in [-0.2, -0.15) is 0 Å². The van der Waals surface area contributed by atoms with Crippen molar-refractivity contribution in [3.8, 4) is 11.3 Å². The maximum Gasteiger partial charge on any atom is 0.230 e. The van der Waals surface area contributed by atoms with Crippen LogP contribution < -0.4 is 11.1 Å². The molecule has 1 heterocycles. The molecule has 2 rings (SSSR count). The average molecular weight is 293 g/mol. The van der Waals surface area contributed by atoms with Gasteiger partial charge in [-0.15, -0.1) is 11.3 Å². The molecule has 0 bridgehead atoms. The molecule has 0 aliphatic rings. The van der Waals surface area contributed by atoms with Crippen molar-refractivity contribution in [3.63, 3.8) is 0 Å². The van der Waals surface area contributed by atoms with Crippen molar-refractivity contribution in [2.75, 3.05) is 5.32 Å². The first-order valence-corrected chi connectivity index (χ1v) is 7.13. The number of carbonyl (C=O) groups is 1. The Morgan fingerprint density at radius 3 is 2.85 bits per heavy atom. The molecule has 2 unspecified atom stereocenters. The molecule has 0 fully saturated rings. The Morgan fingerprint density at radius 1 is 1.45 bits per heavy atom. The normalized spacial score (nSPS) is 13.8. The number of hydrogen-bond donors (Lipinski definition) is 2. The van der Waals surface area contributed by atoms with Gasteiger partial charge < -0.3 is 11.1 Å². The molecule has 0 spiro atoms. The van der Waals surface area contributed by atoms with E-state index in [9.17, 15) is 9.18 Å². The topological polar surface area (TPSA) is 68.0 Å². The number of carbonyl (C=O) groups excluding carboxylic acids is 1. The number of amides is 1. The number of rotatable bonds is 4. The molecule has 20 heavy (non-hydrogen) atoms. The minimum absolute atomic E-state index is 0.167. The number of nitrogens with two attached hydrogens (primary N) is 1. The second-order valence-corrected chi connectivity index (χ2v) is 5.54. The number of hydrogen-bond acceptors (Lipinski definition) is 4. The third kappa shape index (κ3) is 3.40. The monoisotopic (exact) mass is 293 g/mol. The van der Waals surface area contributed by atoms with E-state index in [1.807, 2.05) is 0 Å². The summed E-state index contributed by atoms with van der Waals surface area (Å²) in [6.45, 7) is 3.55. The highest BCUT2D eigenvalue weighted by Gasteiger charge is 2.18. The Hall–Kier alpha value is -1.79. The lowest BCUT2D eigenvalue weighted by Crippen LogP contribution is -2.34. The Balaban J connectivity index is 2.12. The number of nitrogens with zero attached hydrogens (tertiary/aromatic N) is 1. The molecule has 1 aromatic carbocycles. The van der Waals surface area contributed by atoms with Crippen molar-refractivity contribution < 1.29 is 9.18 Å². The summed E-state index contributed by atoms with van der Waals surface area (Å²) in [7, 11) is 0. The van der Waals surface area contributed by atoms with Gasteiger partial charge in [0.2, 0.25) is 5.91 Å². The van der Waals surface area contributed by atoms with Crippen molar-refractivity contribution in [2.45, 2.75) is 19.9 Å². The van der Waals surface area contributed by atoms with Crippen molar-refractivity contribution in [1.29, 1.82) is 0 Å². The SMILES string of the molecule is CC(N)C(C)C(=O)Nc1nc(-c2cccc(F)c2)cs1. The molecule has 4 nitrogen and oxygen atoms in total. The van der Waals surface area contributed by atoms with E-state index in [4.69, 9.17) is 5.73 Å². The third-order valence-electron chi connectivity index (χ3n) is 3.06. The fourth-order valence-corrected chi connectivity index (χ4v) is 2.29. The second kappa shape index (κ2) is 6.11. The summed E-state index contributed by atoms with van der Waals surface area (Å²) in [4.78, 5) is 16.2. The van der Waals surface area contributed by atoms with E-state index < -0.39 is 0 Å².